The van der Waals surface area contributed by atoms with Gasteiger partial charge < -0.3 is 15.0 Å². The predicted octanol–water partition coefficient (Wildman–Crippen LogP) is 2.74. The molecular formula is C20H22N6O2. The van der Waals surface area contributed by atoms with Gasteiger partial charge in [0.15, 0.2) is 0 Å². The van der Waals surface area contributed by atoms with Crippen LogP contribution >= 0.6 is 0 Å². The Morgan fingerprint density at radius 1 is 1.14 bits per heavy atom. The van der Waals surface area contributed by atoms with E-state index in [1.165, 1.54) is 6.33 Å². The average Bonchev–Trinajstić information content (AvgIpc) is 3.38. The molecule has 1 amide bonds. The van der Waals surface area contributed by atoms with E-state index in [1.54, 1.807) is 24.9 Å². The Morgan fingerprint density at radius 2 is 1.96 bits per heavy atom. The van der Waals surface area contributed by atoms with Crippen LogP contribution in [0.3, 0.4) is 0 Å². The number of aryl methyl sites for hydroxylation is 1. The Kier molecular flexibility index (Phi) is 4.92. The molecule has 0 atom stereocenters. The topological polar surface area (TPSA) is 85.2 Å². The van der Waals surface area contributed by atoms with Crippen LogP contribution < -0.4 is 15.0 Å². The lowest BCUT2D eigenvalue weighted by Crippen LogP contribution is -2.20. The van der Waals surface area contributed by atoms with Crippen molar-refractivity contribution in [3.8, 4) is 17.0 Å². The molecule has 1 saturated heterocycles. The van der Waals surface area contributed by atoms with E-state index in [1.807, 2.05) is 30.3 Å². The van der Waals surface area contributed by atoms with E-state index in [0.29, 0.717) is 17.2 Å². The largest absolute Gasteiger partial charge is 0.497 e. The molecule has 0 bridgehead atoms. The monoisotopic (exact) mass is 378 g/mol. The maximum atomic E-state index is 12.8. The molecule has 8 heteroatoms. The number of nitrogens with zero attached hydrogens (tertiary/aromatic N) is 5. The van der Waals surface area contributed by atoms with Crippen LogP contribution in [0.4, 0.5) is 11.6 Å². The molecule has 0 radical (unpaired) electrons. The highest BCUT2D eigenvalue weighted by Crippen LogP contribution is 2.24. The van der Waals surface area contributed by atoms with E-state index in [0.717, 1.165) is 43.1 Å². The fourth-order valence-electron chi connectivity index (χ4n) is 3.32. The number of anilines is 2. The lowest BCUT2D eigenvalue weighted by molar-refractivity contribution is 0.101. The van der Waals surface area contributed by atoms with Gasteiger partial charge in [0.2, 0.25) is 0 Å². The fourth-order valence-corrected chi connectivity index (χ4v) is 3.32. The van der Waals surface area contributed by atoms with E-state index in [4.69, 9.17) is 4.74 Å². The number of benzene rings is 1. The van der Waals surface area contributed by atoms with Crippen molar-refractivity contribution in [3.63, 3.8) is 0 Å². The third-order valence-electron chi connectivity index (χ3n) is 4.80. The van der Waals surface area contributed by atoms with Crippen LogP contribution in [-0.2, 0) is 7.05 Å². The van der Waals surface area contributed by atoms with Gasteiger partial charge in [-0.05, 0) is 31.0 Å². The molecule has 1 aromatic carbocycles. The second-order valence-corrected chi connectivity index (χ2v) is 6.68. The first kappa shape index (κ1) is 18.0. The molecule has 0 spiro atoms. The molecule has 0 aliphatic carbocycles. The Bertz CT molecular complexity index is 994. The van der Waals surface area contributed by atoms with Crippen molar-refractivity contribution in [2.75, 3.05) is 30.4 Å². The van der Waals surface area contributed by atoms with Crippen LogP contribution in [0.1, 0.15) is 23.3 Å². The molecule has 28 heavy (non-hydrogen) atoms. The van der Waals surface area contributed by atoms with Gasteiger partial charge in [0.25, 0.3) is 5.91 Å². The average molecular weight is 378 g/mol. The maximum Gasteiger partial charge on any atom is 0.275 e. The highest BCUT2D eigenvalue weighted by atomic mass is 16.5. The SMILES string of the molecule is COc1cccc(-c2cc(C(=O)Nc3cc(N4CCCC4)ncn3)n(C)n2)c1. The summed E-state index contributed by atoms with van der Waals surface area (Å²) in [7, 11) is 3.36. The minimum atomic E-state index is -0.268. The number of carbonyl (C=O) groups is 1. The molecule has 1 aliphatic rings. The molecule has 1 N–H and O–H groups in total. The zero-order valence-electron chi connectivity index (χ0n) is 15.9. The highest BCUT2D eigenvalue weighted by Gasteiger charge is 2.17. The number of hydrogen-bond acceptors (Lipinski definition) is 6. The lowest BCUT2D eigenvalue weighted by Gasteiger charge is -2.16. The van der Waals surface area contributed by atoms with Crippen LogP contribution in [0, 0.1) is 0 Å². The molecule has 8 nitrogen and oxygen atoms in total. The number of nitrogens with one attached hydrogen (secondary N) is 1. The molecule has 2 aromatic heterocycles. The molecule has 144 valence electrons. The zero-order valence-corrected chi connectivity index (χ0v) is 15.9. The molecule has 3 heterocycles. The van der Waals surface area contributed by atoms with Crippen molar-refractivity contribution in [3.05, 3.63) is 48.4 Å². The Balaban J connectivity index is 1.54. The summed E-state index contributed by atoms with van der Waals surface area (Å²) in [5.41, 5.74) is 2.03. The van der Waals surface area contributed by atoms with Crippen LogP contribution in [0.5, 0.6) is 5.75 Å². The van der Waals surface area contributed by atoms with Gasteiger partial charge in [-0.25, -0.2) is 9.97 Å². The Morgan fingerprint density at radius 3 is 2.75 bits per heavy atom. The normalized spacial score (nSPS) is 13.6. The van der Waals surface area contributed by atoms with Crippen LogP contribution in [0.25, 0.3) is 11.3 Å². The summed E-state index contributed by atoms with van der Waals surface area (Å²) < 4.78 is 6.82. The van der Waals surface area contributed by atoms with E-state index in [9.17, 15) is 4.79 Å². The highest BCUT2D eigenvalue weighted by molar-refractivity contribution is 6.03. The van der Waals surface area contributed by atoms with E-state index < -0.39 is 0 Å². The summed E-state index contributed by atoms with van der Waals surface area (Å²) in [5.74, 6) is 1.79. The first-order valence-electron chi connectivity index (χ1n) is 9.21. The second-order valence-electron chi connectivity index (χ2n) is 6.68. The van der Waals surface area contributed by atoms with Gasteiger partial charge >= 0.3 is 0 Å². The molecular weight excluding hydrogens is 356 g/mol. The molecule has 4 rings (SSSR count). The molecule has 0 unspecified atom stereocenters. The van der Waals surface area contributed by atoms with E-state index in [-0.39, 0.29) is 5.91 Å². The third kappa shape index (κ3) is 3.66. The predicted molar refractivity (Wildman–Crippen MR) is 107 cm³/mol. The number of methoxy groups -OCH3 is 1. The summed E-state index contributed by atoms with van der Waals surface area (Å²) in [6.07, 6.45) is 3.80. The summed E-state index contributed by atoms with van der Waals surface area (Å²) in [4.78, 5) is 23.5. The van der Waals surface area contributed by atoms with Gasteiger partial charge in [0.05, 0.1) is 12.8 Å². The number of hydrogen-bond donors (Lipinski definition) is 1. The van der Waals surface area contributed by atoms with Gasteiger partial charge in [0.1, 0.15) is 29.4 Å². The van der Waals surface area contributed by atoms with Gasteiger partial charge in [-0.1, -0.05) is 12.1 Å². The van der Waals surface area contributed by atoms with Crippen LogP contribution in [0.2, 0.25) is 0 Å². The summed E-state index contributed by atoms with van der Waals surface area (Å²) in [6, 6.07) is 11.1. The second kappa shape index (κ2) is 7.67. The number of carbonyl (C=O) groups excluding carboxylic acids is 1. The maximum absolute atomic E-state index is 12.8. The van der Waals surface area contributed by atoms with Crippen LogP contribution in [-0.4, -0.2) is 45.9 Å². The number of ether oxygens (including phenoxy) is 1. The summed E-state index contributed by atoms with van der Waals surface area (Å²) in [5, 5.41) is 7.31. The van der Waals surface area contributed by atoms with Crippen molar-refractivity contribution < 1.29 is 9.53 Å². The Labute approximate surface area is 163 Å². The van der Waals surface area contributed by atoms with Gasteiger partial charge in [-0.15, -0.1) is 0 Å². The van der Waals surface area contributed by atoms with Crippen molar-refractivity contribution in [1.29, 1.82) is 0 Å². The van der Waals surface area contributed by atoms with Crippen molar-refractivity contribution in [2.45, 2.75) is 12.8 Å². The van der Waals surface area contributed by atoms with E-state index >= 15 is 0 Å². The van der Waals surface area contributed by atoms with Crippen molar-refractivity contribution >= 4 is 17.5 Å². The number of rotatable bonds is 5. The van der Waals surface area contributed by atoms with Gasteiger partial charge in [-0.2, -0.15) is 5.10 Å². The smallest absolute Gasteiger partial charge is 0.275 e. The quantitative estimate of drug-likeness (QED) is 0.735. The lowest BCUT2D eigenvalue weighted by atomic mass is 10.1. The first-order valence-corrected chi connectivity index (χ1v) is 9.21. The molecule has 3 aromatic rings. The fraction of sp³-hybridized carbons (Fsp3) is 0.300. The third-order valence-corrected chi connectivity index (χ3v) is 4.80. The molecule has 0 saturated carbocycles. The minimum Gasteiger partial charge on any atom is -0.497 e. The van der Waals surface area contributed by atoms with E-state index in [2.05, 4.69) is 25.3 Å². The first-order chi connectivity index (χ1) is 13.6. The van der Waals surface area contributed by atoms with Gasteiger partial charge in [0, 0.05) is 31.8 Å². The van der Waals surface area contributed by atoms with Crippen molar-refractivity contribution in [2.24, 2.45) is 7.05 Å². The summed E-state index contributed by atoms with van der Waals surface area (Å²) >= 11 is 0. The molecule has 1 aliphatic heterocycles. The standard InChI is InChI=1S/C20H22N6O2/c1-25-17(11-16(24-25)14-6-5-7-15(10-14)28-2)20(27)23-18-12-19(22-13-21-18)26-8-3-4-9-26/h5-7,10-13H,3-4,8-9H2,1-2H3,(H,21,22,23,27). The number of aromatic nitrogens is 4. The minimum absolute atomic E-state index is 0.268. The molecule has 1 fully saturated rings. The van der Waals surface area contributed by atoms with Crippen LogP contribution in [0.15, 0.2) is 42.7 Å². The van der Waals surface area contributed by atoms with Gasteiger partial charge in [-0.3, -0.25) is 9.48 Å². The number of amides is 1. The Hall–Kier alpha value is -3.42. The van der Waals surface area contributed by atoms with Crippen molar-refractivity contribution in [1.82, 2.24) is 19.7 Å². The summed E-state index contributed by atoms with van der Waals surface area (Å²) in [6.45, 7) is 1.96. The zero-order chi connectivity index (χ0) is 19.5.